The molecule has 1 saturated heterocycles. The quantitative estimate of drug-likeness (QED) is 0.909. The molecule has 1 atom stereocenters. The first-order chi connectivity index (χ1) is 10.7. The van der Waals surface area contributed by atoms with Crippen molar-refractivity contribution >= 4 is 16.0 Å². The van der Waals surface area contributed by atoms with Gasteiger partial charge in [-0.3, -0.25) is 4.79 Å². The van der Waals surface area contributed by atoms with E-state index in [0.29, 0.717) is 25.8 Å². The maximum Gasteiger partial charge on any atom is 0.307 e. The van der Waals surface area contributed by atoms with Crippen molar-refractivity contribution in [2.24, 2.45) is 5.92 Å². The number of sulfonamides is 1. The number of fused-ring (bicyclic) bond motifs is 1. The van der Waals surface area contributed by atoms with Crippen LogP contribution in [0.5, 0.6) is 5.75 Å². The molecule has 0 aromatic heterocycles. The number of benzene rings is 1. The Labute approximate surface area is 136 Å². The van der Waals surface area contributed by atoms with Crippen molar-refractivity contribution in [3.05, 3.63) is 23.8 Å². The highest BCUT2D eigenvalue weighted by atomic mass is 32.2. The van der Waals surface area contributed by atoms with E-state index in [9.17, 15) is 13.2 Å². The maximum absolute atomic E-state index is 12.8. The van der Waals surface area contributed by atoms with Gasteiger partial charge in [-0.1, -0.05) is 0 Å². The zero-order chi connectivity index (χ0) is 16.8. The van der Waals surface area contributed by atoms with Crippen molar-refractivity contribution in [3.8, 4) is 5.75 Å². The number of ether oxygens (including phenoxy) is 1. The minimum Gasteiger partial charge on any atom is -0.487 e. The van der Waals surface area contributed by atoms with Gasteiger partial charge in [0.05, 0.1) is 10.8 Å². The van der Waals surface area contributed by atoms with Crippen LogP contribution in [0.3, 0.4) is 0 Å². The van der Waals surface area contributed by atoms with E-state index in [1.54, 1.807) is 18.2 Å². The topological polar surface area (TPSA) is 83.9 Å². The molecule has 0 saturated carbocycles. The van der Waals surface area contributed by atoms with Crippen molar-refractivity contribution in [2.75, 3.05) is 13.1 Å². The SMILES string of the molecule is CC1(C)Cc2cc(S(=O)(=O)N3CCCC(C(=O)O)C3)ccc2O1. The Hall–Kier alpha value is -1.60. The van der Waals surface area contributed by atoms with Crippen LogP contribution in [0.15, 0.2) is 23.1 Å². The first kappa shape index (κ1) is 16.3. The number of nitrogens with zero attached hydrogens (tertiary/aromatic N) is 1. The molecule has 6 nitrogen and oxygen atoms in total. The summed E-state index contributed by atoms with van der Waals surface area (Å²) < 4.78 is 32.7. The maximum atomic E-state index is 12.8. The highest BCUT2D eigenvalue weighted by molar-refractivity contribution is 7.89. The summed E-state index contributed by atoms with van der Waals surface area (Å²) in [6.07, 6.45) is 1.74. The molecular formula is C16H21NO5S. The molecule has 1 aromatic carbocycles. The first-order valence-electron chi connectivity index (χ1n) is 7.74. The van der Waals surface area contributed by atoms with E-state index in [2.05, 4.69) is 0 Å². The van der Waals surface area contributed by atoms with Gasteiger partial charge in [0.2, 0.25) is 10.0 Å². The van der Waals surface area contributed by atoms with E-state index in [1.807, 2.05) is 13.8 Å². The van der Waals surface area contributed by atoms with Crippen molar-refractivity contribution in [3.63, 3.8) is 0 Å². The summed E-state index contributed by atoms with van der Waals surface area (Å²) in [7, 11) is -3.67. The Morgan fingerprint density at radius 3 is 2.83 bits per heavy atom. The lowest BCUT2D eigenvalue weighted by atomic mass is 10.0. The lowest BCUT2D eigenvalue weighted by Crippen LogP contribution is -2.42. The Balaban J connectivity index is 1.88. The molecule has 0 spiro atoms. The van der Waals surface area contributed by atoms with Crippen molar-refractivity contribution in [2.45, 2.75) is 43.6 Å². The third-order valence-corrected chi connectivity index (χ3v) is 6.27. The van der Waals surface area contributed by atoms with Crippen LogP contribution in [0, 0.1) is 5.92 Å². The molecule has 1 aromatic rings. The Morgan fingerprint density at radius 1 is 1.39 bits per heavy atom. The third-order valence-electron chi connectivity index (χ3n) is 4.41. The zero-order valence-electron chi connectivity index (χ0n) is 13.3. The molecule has 2 heterocycles. The lowest BCUT2D eigenvalue weighted by molar-refractivity contribution is -0.142. The zero-order valence-corrected chi connectivity index (χ0v) is 14.1. The first-order valence-corrected chi connectivity index (χ1v) is 9.18. The Bertz CT molecular complexity index is 741. The number of hydrogen-bond donors (Lipinski definition) is 1. The number of carboxylic acid groups (broad SMARTS) is 1. The largest absolute Gasteiger partial charge is 0.487 e. The normalized spacial score (nSPS) is 24.0. The number of aliphatic carboxylic acids is 1. The molecule has 0 aliphatic carbocycles. The summed E-state index contributed by atoms with van der Waals surface area (Å²) in [5.74, 6) is -0.847. The highest BCUT2D eigenvalue weighted by Crippen LogP contribution is 2.36. The third kappa shape index (κ3) is 3.07. The summed E-state index contributed by atoms with van der Waals surface area (Å²) in [4.78, 5) is 11.4. The predicted molar refractivity (Wildman–Crippen MR) is 84.0 cm³/mol. The van der Waals surface area contributed by atoms with Crippen LogP contribution in [0.4, 0.5) is 0 Å². The predicted octanol–water partition coefficient (Wildman–Crippen LogP) is 1.89. The molecule has 23 heavy (non-hydrogen) atoms. The summed E-state index contributed by atoms with van der Waals surface area (Å²) in [5.41, 5.74) is 0.549. The molecule has 1 fully saturated rings. The minimum atomic E-state index is -3.67. The van der Waals surface area contributed by atoms with Crippen LogP contribution in [0.25, 0.3) is 0 Å². The van der Waals surface area contributed by atoms with Gasteiger partial charge in [0.15, 0.2) is 0 Å². The molecule has 2 aliphatic rings. The molecule has 3 rings (SSSR count). The molecule has 126 valence electrons. The van der Waals surface area contributed by atoms with Crippen molar-refractivity contribution < 1.29 is 23.1 Å². The van der Waals surface area contributed by atoms with Gasteiger partial charge in [-0.2, -0.15) is 4.31 Å². The second-order valence-electron chi connectivity index (χ2n) is 6.85. The van der Waals surface area contributed by atoms with E-state index >= 15 is 0 Å². The molecule has 7 heteroatoms. The van der Waals surface area contributed by atoms with Gasteiger partial charge in [0, 0.05) is 19.5 Å². The Morgan fingerprint density at radius 2 is 2.13 bits per heavy atom. The highest BCUT2D eigenvalue weighted by Gasteiger charge is 2.35. The average molecular weight is 339 g/mol. The summed E-state index contributed by atoms with van der Waals surface area (Å²) in [5, 5.41) is 9.14. The van der Waals surface area contributed by atoms with Crippen LogP contribution in [0.1, 0.15) is 32.3 Å². The van der Waals surface area contributed by atoms with Crippen LogP contribution in [-0.4, -0.2) is 42.5 Å². The second kappa shape index (κ2) is 5.49. The average Bonchev–Trinajstić information content (AvgIpc) is 2.80. The van der Waals surface area contributed by atoms with E-state index in [1.165, 1.54) is 4.31 Å². The molecule has 2 aliphatic heterocycles. The van der Waals surface area contributed by atoms with Crippen LogP contribution < -0.4 is 4.74 Å². The van der Waals surface area contributed by atoms with Gasteiger partial charge >= 0.3 is 5.97 Å². The van der Waals surface area contributed by atoms with Gasteiger partial charge in [-0.15, -0.1) is 0 Å². The van der Waals surface area contributed by atoms with Gasteiger partial charge in [-0.05, 0) is 50.5 Å². The van der Waals surface area contributed by atoms with Crippen LogP contribution in [0.2, 0.25) is 0 Å². The fourth-order valence-corrected chi connectivity index (χ4v) is 4.83. The van der Waals surface area contributed by atoms with Gasteiger partial charge in [0.25, 0.3) is 0 Å². The van der Waals surface area contributed by atoms with E-state index in [4.69, 9.17) is 9.84 Å². The van der Waals surface area contributed by atoms with Crippen molar-refractivity contribution in [1.29, 1.82) is 0 Å². The standard InChI is InChI=1S/C16H21NO5S/c1-16(2)9-12-8-13(5-6-14(12)22-16)23(20,21)17-7-3-4-11(10-17)15(18)19/h5-6,8,11H,3-4,7,9-10H2,1-2H3,(H,18,19). The molecular weight excluding hydrogens is 318 g/mol. The second-order valence-corrected chi connectivity index (χ2v) is 8.79. The molecule has 1 unspecified atom stereocenters. The van der Waals surface area contributed by atoms with Crippen molar-refractivity contribution in [1.82, 2.24) is 4.31 Å². The van der Waals surface area contributed by atoms with Gasteiger partial charge < -0.3 is 9.84 Å². The minimum absolute atomic E-state index is 0.0384. The molecule has 1 N–H and O–H groups in total. The molecule has 0 amide bonds. The summed E-state index contributed by atoms with van der Waals surface area (Å²) in [6.45, 7) is 4.33. The summed E-state index contributed by atoms with van der Waals surface area (Å²) >= 11 is 0. The number of hydrogen-bond acceptors (Lipinski definition) is 4. The van der Waals surface area contributed by atoms with Gasteiger partial charge in [-0.25, -0.2) is 8.42 Å². The van der Waals surface area contributed by atoms with Gasteiger partial charge in [0.1, 0.15) is 11.4 Å². The molecule has 0 radical (unpaired) electrons. The van der Waals surface area contributed by atoms with Crippen LogP contribution >= 0.6 is 0 Å². The number of carboxylic acids is 1. The van der Waals surface area contributed by atoms with E-state index in [-0.39, 0.29) is 17.0 Å². The monoisotopic (exact) mass is 339 g/mol. The Kier molecular flexibility index (Phi) is 3.88. The lowest BCUT2D eigenvalue weighted by Gasteiger charge is -2.29. The van der Waals surface area contributed by atoms with Crippen LogP contribution in [-0.2, 0) is 21.2 Å². The number of rotatable bonds is 3. The smallest absolute Gasteiger partial charge is 0.307 e. The molecule has 0 bridgehead atoms. The summed E-state index contributed by atoms with van der Waals surface area (Å²) in [6, 6.07) is 4.89. The fourth-order valence-electron chi connectivity index (χ4n) is 3.26. The van der Waals surface area contributed by atoms with E-state index in [0.717, 1.165) is 11.3 Å². The number of carbonyl (C=O) groups is 1. The van der Waals surface area contributed by atoms with E-state index < -0.39 is 21.9 Å². The fraction of sp³-hybridized carbons (Fsp3) is 0.562. The number of piperidine rings is 1.